The van der Waals surface area contributed by atoms with E-state index in [-0.39, 0.29) is 17.2 Å². The highest BCUT2D eigenvalue weighted by Crippen LogP contribution is 2.31. The Labute approximate surface area is 158 Å². The molecule has 6 nitrogen and oxygen atoms in total. The average Bonchev–Trinajstić information content (AvgIpc) is 3.31. The fourth-order valence-electron chi connectivity index (χ4n) is 3.16. The summed E-state index contributed by atoms with van der Waals surface area (Å²) >= 11 is 1.49. The van der Waals surface area contributed by atoms with Gasteiger partial charge in [0.15, 0.2) is 11.0 Å². The van der Waals surface area contributed by atoms with Gasteiger partial charge < -0.3 is 9.64 Å². The van der Waals surface area contributed by atoms with E-state index in [1.165, 1.54) is 11.8 Å². The molecule has 1 fully saturated rings. The molecule has 2 heterocycles. The second kappa shape index (κ2) is 8.12. The SMILES string of the molecule is COc1ccc(-c2nnc(S[C@H](C)C(=O)N3CCCC3)n2C(C)C)cc1. The molecule has 0 radical (unpaired) electrons. The summed E-state index contributed by atoms with van der Waals surface area (Å²) < 4.78 is 7.32. The number of rotatable bonds is 6. The highest BCUT2D eigenvalue weighted by molar-refractivity contribution is 8.00. The summed E-state index contributed by atoms with van der Waals surface area (Å²) in [6.45, 7) is 7.91. The Morgan fingerprint density at radius 2 is 1.77 bits per heavy atom. The van der Waals surface area contributed by atoms with Crippen molar-refractivity contribution in [2.75, 3.05) is 20.2 Å². The zero-order valence-corrected chi connectivity index (χ0v) is 16.6. The molecule has 1 aliphatic rings. The van der Waals surface area contributed by atoms with E-state index in [4.69, 9.17) is 4.74 Å². The third-order valence-electron chi connectivity index (χ3n) is 4.58. The maximum Gasteiger partial charge on any atom is 0.235 e. The van der Waals surface area contributed by atoms with Gasteiger partial charge in [-0.2, -0.15) is 0 Å². The minimum atomic E-state index is -0.168. The molecule has 0 unspecified atom stereocenters. The van der Waals surface area contributed by atoms with Crippen LogP contribution in [0.2, 0.25) is 0 Å². The van der Waals surface area contributed by atoms with Gasteiger partial charge in [0.2, 0.25) is 5.91 Å². The number of likely N-dealkylation sites (tertiary alicyclic amines) is 1. The van der Waals surface area contributed by atoms with Crippen molar-refractivity contribution in [1.82, 2.24) is 19.7 Å². The van der Waals surface area contributed by atoms with E-state index < -0.39 is 0 Å². The molecule has 2 aromatic rings. The smallest absolute Gasteiger partial charge is 0.235 e. The predicted molar refractivity (Wildman–Crippen MR) is 104 cm³/mol. The van der Waals surface area contributed by atoms with E-state index in [9.17, 15) is 4.79 Å². The van der Waals surface area contributed by atoms with Crippen molar-refractivity contribution in [3.8, 4) is 17.1 Å². The number of nitrogens with zero attached hydrogens (tertiary/aromatic N) is 4. The maximum absolute atomic E-state index is 12.6. The van der Waals surface area contributed by atoms with Gasteiger partial charge in [-0.1, -0.05) is 11.8 Å². The van der Waals surface area contributed by atoms with Crippen molar-refractivity contribution in [2.45, 2.75) is 50.1 Å². The molecule has 1 amide bonds. The van der Waals surface area contributed by atoms with Crippen LogP contribution < -0.4 is 4.74 Å². The molecular formula is C19H26N4O2S. The van der Waals surface area contributed by atoms with E-state index in [2.05, 4.69) is 28.6 Å². The predicted octanol–water partition coefficient (Wildman–Crippen LogP) is 3.64. The third kappa shape index (κ3) is 3.87. The fourth-order valence-corrected chi connectivity index (χ4v) is 4.23. The molecule has 1 atom stereocenters. The first-order chi connectivity index (χ1) is 12.5. The number of benzene rings is 1. The monoisotopic (exact) mass is 374 g/mol. The van der Waals surface area contributed by atoms with Gasteiger partial charge in [0.1, 0.15) is 5.75 Å². The minimum Gasteiger partial charge on any atom is -0.497 e. The number of methoxy groups -OCH3 is 1. The van der Waals surface area contributed by atoms with Crippen LogP contribution in [-0.2, 0) is 4.79 Å². The Morgan fingerprint density at radius 1 is 1.12 bits per heavy atom. The van der Waals surface area contributed by atoms with Crippen LogP contribution in [0.5, 0.6) is 5.75 Å². The standard InChI is InChI=1S/C19H26N4O2S/c1-13(2)23-17(15-7-9-16(25-4)10-8-15)20-21-19(23)26-14(3)18(24)22-11-5-6-12-22/h7-10,13-14H,5-6,11-12H2,1-4H3/t14-/m1/s1. The average molecular weight is 375 g/mol. The van der Waals surface area contributed by atoms with Crippen molar-refractivity contribution in [2.24, 2.45) is 0 Å². The number of thioether (sulfide) groups is 1. The normalized spacial score (nSPS) is 15.5. The van der Waals surface area contributed by atoms with Gasteiger partial charge >= 0.3 is 0 Å². The molecule has 0 spiro atoms. The summed E-state index contributed by atoms with van der Waals surface area (Å²) in [5.74, 6) is 1.81. The van der Waals surface area contributed by atoms with Crippen LogP contribution in [0, 0.1) is 0 Å². The molecule has 1 aromatic heterocycles. The second-order valence-electron chi connectivity index (χ2n) is 6.79. The summed E-state index contributed by atoms with van der Waals surface area (Å²) in [7, 11) is 1.65. The van der Waals surface area contributed by atoms with Crippen molar-refractivity contribution in [3.63, 3.8) is 0 Å². The number of carbonyl (C=O) groups excluding carboxylic acids is 1. The largest absolute Gasteiger partial charge is 0.497 e. The van der Waals surface area contributed by atoms with E-state index in [1.807, 2.05) is 36.1 Å². The Hall–Kier alpha value is -2.02. The van der Waals surface area contributed by atoms with Crippen molar-refractivity contribution >= 4 is 17.7 Å². The lowest BCUT2D eigenvalue weighted by Gasteiger charge is -2.20. The highest BCUT2D eigenvalue weighted by atomic mass is 32.2. The van der Waals surface area contributed by atoms with E-state index in [1.54, 1.807) is 7.11 Å². The zero-order chi connectivity index (χ0) is 18.7. The lowest BCUT2D eigenvalue weighted by molar-refractivity contribution is -0.129. The second-order valence-corrected chi connectivity index (χ2v) is 8.10. The van der Waals surface area contributed by atoms with Gasteiger partial charge in [0.05, 0.1) is 12.4 Å². The van der Waals surface area contributed by atoms with Gasteiger partial charge in [-0.25, -0.2) is 0 Å². The quantitative estimate of drug-likeness (QED) is 0.723. The zero-order valence-electron chi connectivity index (χ0n) is 15.8. The maximum atomic E-state index is 12.6. The summed E-state index contributed by atoms with van der Waals surface area (Å²) in [6.07, 6.45) is 2.21. The first-order valence-corrected chi connectivity index (χ1v) is 9.94. The topological polar surface area (TPSA) is 60.3 Å². The molecule has 0 saturated carbocycles. The van der Waals surface area contributed by atoms with Gasteiger partial charge in [0, 0.05) is 24.7 Å². The molecule has 1 aliphatic heterocycles. The lowest BCUT2D eigenvalue weighted by Crippen LogP contribution is -2.34. The van der Waals surface area contributed by atoms with Crippen molar-refractivity contribution < 1.29 is 9.53 Å². The molecule has 0 aliphatic carbocycles. The minimum absolute atomic E-state index is 0.168. The van der Waals surface area contributed by atoms with Crippen LogP contribution in [0.3, 0.4) is 0 Å². The molecule has 26 heavy (non-hydrogen) atoms. The summed E-state index contributed by atoms with van der Waals surface area (Å²) in [4.78, 5) is 14.6. The summed E-state index contributed by atoms with van der Waals surface area (Å²) in [5.41, 5.74) is 0.984. The Kier molecular flexibility index (Phi) is 5.86. The van der Waals surface area contributed by atoms with Gasteiger partial charge in [0.25, 0.3) is 0 Å². The molecule has 1 saturated heterocycles. The van der Waals surface area contributed by atoms with Crippen molar-refractivity contribution in [1.29, 1.82) is 0 Å². The van der Waals surface area contributed by atoms with Crippen LogP contribution in [-0.4, -0.2) is 51.0 Å². The highest BCUT2D eigenvalue weighted by Gasteiger charge is 2.27. The number of amides is 1. The molecule has 0 N–H and O–H groups in total. The van der Waals surface area contributed by atoms with E-state index in [0.29, 0.717) is 0 Å². The van der Waals surface area contributed by atoms with Crippen LogP contribution >= 0.6 is 11.8 Å². The Morgan fingerprint density at radius 3 is 2.35 bits per heavy atom. The van der Waals surface area contributed by atoms with Gasteiger partial charge in [-0.3, -0.25) is 9.36 Å². The van der Waals surface area contributed by atoms with Crippen LogP contribution in [0.15, 0.2) is 29.4 Å². The van der Waals surface area contributed by atoms with Crippen LogP contribution in [0.25, 0.3) is 11.4 Å². The number of ether oxygens (including phenoxy) is 1. The summed E-state index contributed by atoms with van der Waals surface area (Å²) in [6, 6.07) is 7.99. The molecule has 140 valence electrons. The van der Waals surface area contributed by atoms with Crippen molar-refractivity contribution in [3.05, 3.63) is 24.3 Å². The molecule has 1 aromatic carbocycles. The van der Waals surface area contributed by atoms with Gasteiger partial charge in [-0.05, 0) is 57.9 Å². The Bertz CT molecular complexity index is 751. The first-order valence-electron chi connectivity index (χ1n) is 9.06. The molecule has 7 heteroatoms. The molecular weight excluding hydrogens is 348 g/mol. The molecule has 3 rings (SSSR count). The third-order valence-corrected chi connectivity index (χ3v) is 5.62. The van der Waals surface area contributed by atoms with Crippen LogP contribution in [0.1, 0.15) is 39.7 Å². The number of hydrogen-bond acceptors (Lipinski definition) is 5. The fraction of sp³-hybridized carbons (Fsp3) is 0.526. The lowest BCUT2D eigenvalue weighted by atomic mass is 10.2. The number of hydrogen-bond donors (Lipinski definition) is 0. The number of aromatic nitrogens is 3. The van der Waals surface area contributed by atoms with Gasteiger partial charge in [-0.15, -0.1) is 10.2 Å². The number of carbonyl (C=O) groups is 1. The Balaban J connectivity index is 1.83. The molecule has 0 bridgehead atoms. The van der Waals surface area contributed by atoms with Crippen LogP contribution in [0.4, 0.5) is 0 Å². The summed E-state index contributed by atoms with van der Waals surface area (Å²) in [5, 5.41) is 9.39. The van der Waals surface area contributed by atoms with E-state index >= 15 is 0 Å². The first kappa shape index (κ1) is 18.8. The van der Waals surface area contributed by atoms with E-state index in [0.717, 1.165) is 48.2 Å².